The number of hydrogen-bond donors (Lipinski definition) is 0. The smallest absolute Gasteiger partial charge is 0.134 e. The van der Waals surface area contributed by atoms with E-state index in [4.69, 9.17) is 9.47 Å². The molecule has 0 aliphatic heterocycles. The van der Waals surface area contributed by atoms with Crippen LogP contribution in [-0.4, -0.2) is 14.2 Å². The third-order valence-electron chi connectivity index (χ3n) is 3.15. The minimum absolute atomic E-state index is 0.00128. The van der Waals surface area contributed by atoms with Crippen LogP contribution in [0.3, 0.4) is 0 Å². The average molecular weight is 357 g/mol. The zero-order valence-electron chi connectivity index (χ0n) is 11.7. The molecule has 2 aromatic rings. The zero-order valence-corrected chi connectivity index (χ0v) is 13.3. The fourth-order valence-electron chi connectivity index (χ4n) is 2.09. The molecule has 0 saturated carbocycles. The Hall–Kier alpha value is -1.62. The number of halogens is 3. The van der Waals surface area contributed by atoms with Crippen LogP contribution >= 0.6 is 15.9 Å². The van der Waals surface area contributed by atoms with Gasteiger partial charge in [0.15, 0.2) is 0 Å². The molecular formula is C16H15BrF2O2. The van der Waals surface area contributed by atoms with Crippen LogP contribution in [-0.2, 0) is 6.42 Å². The summed E-state index contributed by atoms with van der Waals surface area (Å²) < 4.78 is 38.0. The Morgan fingerprint density at radius 3 is 2.19 bits per heavy atom. The normalized spacial score (nSPS) is 12.0. The molecule has 0 bridgehead atoms. The van der Waals surface area contributed by atoms with Gasteiger partial charge in [0.25, 0.3) is 0 Å². The van der Waals surface area contributed by atoms with E-state index in [1.807, 2.05) is 24.3 Å². The summed E-state index contributed by atoms with van der Waals surface area (Å²) in [4.78, 5) is -0.476. The molecule has 1 unspecified atom stereocenters. The van der Waals surface area contributed by atoms with Gasteiger partial charge in [-0.15, -0.1) is 0 Å². The molecule has 0 aliphatic rings. The Morgan fingerprint density at radius 1 is 1.00 bits per heavy atom. The topological polar surface area (TPSA) is 18.5 Å². The van der Waals surface area contributed by atoms with Gasteiger partial charge in [0.1, 0.15) is 23.1 Å². The van der Waals surface area contributed by atoms with Crippen LogP contribution in [0.4, 0.5) is 8.78 Å². The minimum atomic E-state index is -0.628. The molecule has 5 heteroatoms. The van der Waals surface area contributed by atoms with Crippen LogP contribution in [0.2, 0.25) is 0 Å². The third-order valence-corrected chi connectivity index (χ3v) is 3.93. The van der Waals surface area contributed by atoms with Crippen LogP contribution in [0.15, 0.2) is 36.4 Å². The van der Waals surface area contributed by atoms with Gasteiger partial charge in [0.2, 0.25) is 0 Å². The Labute approximate surface area is 130 Å². The number of benzene rings is 2. The molecular weight excluding hydrogens is 342 g/mol. The van der Waals surface area contributed by atoms with E-state index in [0.717, 1.165) is 5.56 Å². The highest BCUT2D eigenvalue weighted by atomic mass is 79.9. The first-order valence-electron chi connectivity index (χ1n) is 6.35. The van der Waals surface area contributed by atoms with Gasteiger partial charge in [-0.25, -0.2) is 8.78 Å². The molecule has 1 atom stereocenters. The van der Waals surface area contributed by atoms with E-state index in [0.29, 0.717) is 12.2 Å². The fraction of sp³-hybridized carbons (Fsp3) is 0.250. The lowest BCUT2D eigenvalue weighted by Crippen LogP contribution is -2.03. The monoisotopic (exact) mass is 356 g/mol. The van der Waals surface area contributed by atoms with Crippen molar-refractivity contribution < 1.29 is 18.3 Å². The maximum atomic E-state index is 14.0. The van der Waals surface area contributed by atoms with Crippen LogP contribution < -0.4 is 9.47 Å². The first-order valence-corrected chi connectivity index (χ1v) is 7.26. The first-order chi connectivity index (χ1) is 10.0. The van der Waals surface area contributed by atoms with Gasteiger partial charge in [0, 0.05) is 22.5 Å². The van der Waals surface area contributed by atoms with E-state index in [1.54, 1.807) is 7.11 Å². The Kier molecular flexibility index (Phi) is 5.17. The summed E-state index contributed by atoms with van der Waals surface area (Å²) in [5.41, 5.74) is 0.921. The van der Waals surface area contributed by atoms with Crippen molar-refractivity contribution in [3.05, 3.63) is 59.2 Å². The van der Waals surface area contributed by atoms with Crippen molar-refractivity contribution in [2.75, 3.05) is 14.2 Å². The number of rotatable bonds is 5. The Bertz CT molecular complexity index is 608. The molecule has 0 saturated heterocycles. The lowest BCUT2D eigenvalue weighted by Gasteiger charge is -2.14. The van der Waals surface area contributed by atoms with Crippen molar-refractivity contribution in [1.82, 2.24) is 0 Å². The first kappa shape index (κ1) is 15.8. The summed E-state index contributed by atoms with van der Waals surface area (Å²) >= 11 is 3.36. The number of methoxy groups -OCH3 is 2. The zero-order chi connectivity index (χ0) is 15.4. The van der Waals surface area contributed by atoms with E-state index < -0.39 is 16.5 Å². The van der Waals surface area contributed by atoms with Crippen LogP contribution in [0, 0.1) is 11.6 Å². The highest BCUT2D eigenvalue weighted by molar-refractivity contribution is 9.09. The summed E-state index contributed by atoms with van der Waals surface area (Å²) in [6.07, 6.45) is 0.442. The van der Waals surface area contributed by atoms with Gasteiger partial charge < -0.3 is 9.47 Å². The number of alkyl halides is 1. The van der Waals surface area contributed by atoms with E-state index >= 15 is 0 Å². The molecule has 112 valence electrons. The highest BCUT2D eigenvalue weighted by Crippen LogP contribution is 2.33. The van der Waals surface area contributed by atoms with E-state index in [2.05, 4.69) is 15.9 Å². The molecule has 0 heterocycles. The van der Waals surface area contributed by atoms with Gasteiger partial charge in [0.05, 0.1) is 14.2 Å². The van der Waals surface area contributed by atoms with E-state index in [-0.39, 0.29) is 11.3 Å². The van der Waals surface area contributed by atoms with Crippen molar-refractivity contribution >= 4 is 15.9 Å². The fourth-order valence-corrected chi connectivity index (χ4v) is 2.90. The molecule has 0 N–H and O–H groups in total. The molecule has 0 radical (unpaired) electrons. The lowest BCUT2D eigenvalue weighted by molar-refractivity contribution is 0.405. The largest absolute Gasteiger partial charge is 0.497 e. The van der Waals surface area contributed by atoms with Gasteiger partial charge in [-0.05, 0) is 24.1 Å². The SMILES string of the molecule is COc1cccc(CC(Br)c2c(F)cc(OC)cc2F)c1. The molecule has 0 aromatic heterocycles. The summed E-state index contributed by atoms with van der Waals surface area (Å²) in [6, 6.07) is 9.75. The molecule has 21 heavy (non-hydrogen) atoms. The Morgan fingerprint density at radius 2 is 1.62 bits per heavy atom. The summed E-state index contributed by atoms with van der Waals surface area (Å²) in [5, 5.41) is 0. The molecule has 2 rings (SSSR count). The van der Waals surface area contributed by atoms with Gasteiger partial charge in [-0.1, -0.05) is 28.1 Å². The van der Waals surface area contributed by atoms with Gasteiger partial charge >= 0.3 is 0 Å². The predicted octanol–water partition coefficient (Wildman–Crippen LogP) is 4.66. The van der Waals surface area contributed by atoms with Gasteiger partial charge in [-0.3, -0.25) is 0 Å². The van der Waals surface area contributed by atoms with Crippen molar-refractivity contribution in [3.8, 4) is 11.5 Å². The molecule has 0 fully saturated rings. The van der Waals surface area contributed by atoms with Crippen molar-refractivity contribution in [2.45, 2.75) is 11.2 Å². The standard InChI is InChI=1S/C16H15BrF2O2/c1-20-11-5-3-4-10(6-11)7-13(17)16-14(18)8-12(21-2)9-15(16)19/h3-6,8-9,13H,7H2,1-2H3. The predicted molar refractivity (Wildman–Crippen MR) is 81.3 cm³/mol. The van der Waals surface area contributed by atoms with E-state index in [1.165, 1.54) is 19.2 Å². The number of hydrogen-bond acceptors (Lipinski definition) is 2. The van der Waals surface area contributed by atoms with Gasteiger partial charge in [-0.2, -0.15) is 0 Å². The van der Waals surface area contributed by atoms with Crippen molar-refractivity contribution in [2.24, 2.45) is 0 Å². The van der Waals surface area contributed by atoms with Crippen LogP contribution in [0.1, 0.15) is 16.0 Å². The summed E-state index contributed by atoms with van der Waals surface area (Å²) in [6.45, 7) is 0. The summed E-state index contributed by atoms with van der Waals surface area (Å²) in [7, 11) is 2.95. The van der Waals surface area contributed by atoms with Crippen LogP contribution in [0.25, 0.3) is 0 Å². The molecule has 2 nitrogen and oxygen atoms in total. The van der Waals surface area contributed by atoms with Crippen molar-refractivity contribution in [1.29, 1.82) is 0 Å². The quantitative estimate of drug-likeness (QED) is 0.725. The third kappa shape index (κ3) is 3.73. The minimum Gasteiger partial charge on any atom is -0.497 e. The lowest BCUT2D eigenvalue weighted by atomic mass is 10.0. The molecule has 0 spiro atoms. The molecule has 0 aliphatic carbocycles. The maximum Gasteiger partial charge on any atom is 0.134 e. The second-order valence-electron chi connectivity index (χ2n) is 4.53. The second kappa shape index (κ2) is 6.89. The average Bonchev–Trinajstić information content (AvgIpc) is 2.46. The summed E-state index contributed by atoms with van der Waals surface area (Å²) in [5.74, 6) is -0.383. The molecule has 2 aromatic carbocycles. The Balaban J connectivity index is 2.25. The maximum absolute atomic E-state index is 14.0. The van der Waals surface area contributed by atoms with Crippen LogP contribution in [0.5, 0.6) is 11.5 Å². The highest BCUT2D eigenvalue weighted by Gasteiger charge is 2.20. The van der Waals surface area contributed by atoms with Crippen molar-refractivity contribution in [3.63, 3.8) is 0 Å². The van der Waals surface area contributed by atoms with E-state index in [9.17, 15) is 8.78 Å². The second-order valence-corrected chi connectivity index (χ2v) is 5.63. The number of ether oxygens (including phenoxy) is 2. The molecule has 0 amide bonds.